The van der Waals surface area contributed by atoms with Gasteiger partial charge in [0.25, 0.3) is 0 Å². The number of nitrogens with two attached hydrogens (primary N) is 1. The summed E-state index contributed by atoms with van der Waals surface area (Å²) in [6.07, 6.45) is 8.93. The van der Waals surface area contributed by atoms with Gasteiger partial charge in [0.15, 0.2) is 0 Å². The van der Waals surface area contributed by atoms with E-state index in [0.717, 1.165) is 47.5 Å². The van der Waals surface area contributed by atoms with Gasteiger partial charge in [-0.1, -0.05) is 32.4 Å². The van der Waals surface area contributed by atoms with Gasteiger partial charge in [-0.3, -0.25) is 4.99 Å². The SMILES string of the molecule is CC\C=C(C)/C(C)=C(/C=C(C)\C(C=N)=C(/C)N)\N=C(/C)C1(C(C)C)CCCN1. The van der Waals surface area contributed by atoms with E-state index in [0.29, 0.717) is 11.6 Å². The lowest BCUT2D eigenvalue weighted by Crippen LogP contribution is -2.50. The van der Waals surface area contributed by atoms with E-state index < -0.39 is 0 Å². The minimum absolute atomic E-state index is 0.0420. The third-order valence-corrected chi connectivity index (χ3v) is 5.94. The maximum absolute atomic E-state index is 7.71. The molecule has 1 aliphatic rings. The second-order valence-electron chi connectivity index (χ2n) is 8.23. The maximum atomic E-state index is 7.71. The van der Waals surface area contributed by atoms with Crippen LogP contribution < -0.4 is 11.1 Å². The summed E-state index contributed by atoms with van der Waals surface area (Å²) < 4.78 is 0. The first kappa shape index (κ1) is 24.1. The van der Waals surface area contributed by atoms with Crippen LogP contribution in [0, 0.1) is 11.3 Å². The van der Waals surface area contributed by atoms with Gasteiger partial charge in [0, 0.05) is 23.2 Å². The van der Waals surface area contributed by atoms with Crippen LogP contribution in [0.15, 0.2) is 50.8 Å². The van der Waals surface area contributed by atoms with Crippen molar-refractivity contribution in [3.63, 3.8) is 0 Å². The van der Waals surface area contributed by atoms with Crippen molar-refractivity contribution in [2.75, 3.05) is 6.54 Å². The lowest BCUT2D eigenvalue weighted by atomic mass is 9.81. The highest BCUT2D eigenvalue weighted by Gasteiger charge is 2.39. The van der Waals surface area contributed by atoms with Crippen molar-refractivity contribution in [2.45, 2.75) is 80.2 Å². The van der Waals surface area contributed by atoms with Crippen molar-refractivity contribution in [3.05, 3.63) is 45.8 Å². The molecule has 0 aromatic carbocycles. The average molecular weight is 385 g/mol. The van der Waals surface area contributed by atoms with E-state index in [1.165, 1.54) is 18.2 Å². The molecule has 4 N–H and O–H groups in total. The van der Waals surface area contributed by atoms with Crippen LogP contribution in [0.1, 0.15) is 74.7 Å². The van der Waals surface area contributed by atoms with Crippen LogP contribution in [0.2, 0.25) is 0 Å². The minimum atomic E-state index is -0.0420. The molecule has 4 heteroatoms. The first-order valence-corrected chi connectivity index (χ1v) is 10.4. The van der Waals surface area contributed by atoms with Gasteiger partial charge in [-0.2, -0.15) is 0 Å². The van der Waals surface area contributed by atoms with E-state index in [1.54, 1.807) is 0 Å². The predicted octanol–water partition coefficient (Wildman–Crippen LogP) is 5.68. The highest BCUT2D eigenvalue weighted by molar-refractivity contribution is 5.93. The van der Waals surface area contributed by atoms with E-state index in [1.807, 2.05) is 13.8 Å². The fraction of sp³-hybridized carbons (Fsp3) is 0.583. The molecule has 1 fully saturated rings. The lowest BCUT2D eigenvalue weighted by Gasteiger charge is -2.34. The molecule has 4 nitrogen and oxygen atoms in total. The van der Waals surface area contributed by atoms with Crippen LogP contribution in [0.25, 0.3) is 0 Å². The smallest absolute Gasteiger partial charge is 0.0664 e. The monoisotopic (exact) mass is 384 g/mol. The molecule has 0 aromatic rings. The summed E-state index contributed by atoms with van der Waals surface area (Å²) in [7, 11) is 0. The molecule has 0 bridgehead atoms. The quantitative estimate of drug-likeness (QED) is 0.372. The Bertz CT molecular complexity index is 720. The highest BCUT2D eigenvalue weighted by Crippen LogP contribution is 2.31. The second kappa shape index (κ2) is 10.6. The van der Waals surface area contributed by atoms with Crippen molar-refractivity contribution >= 4 is 11.9 Å². The number of hydrogen-bond acceptors (Lipinski definition) is 4. The standard InChI is InChI=1S/C24H40N4/c1-9-11-17(4)19(6)23(14-18(5)22(15-25)20(7)26)28-21(8)24(16(2)3)12-10-13-27-24/h11,14-16,25,27H,9-10,12-13,26H2,1-8H3/b17-11-,18-14-,22-20+,23-19-,25-15?,28-21+. The molecule has 0 aliphatic carbocycles. The Kier molecular flexibility index (Phi) is 9.09. The summed E-state index contributed by atoms with van der Waals surface area (Å²) >= 11 is 0. The van der Waals surface area contributed by atoms with Gasteiger partial charge >= 0.3 is 0 Å². The Labute approximate surface area is 172 Å². The number of nitrogens with zero attached hydrogens (tertiary/aromatic N) is 1. The van der Waals surface area contributed by atoms with E-state index in [4.69, 9.17) is 16.1 Å². The number of nitrogens with one attached hydrogen (secondary N) is 2. The van der Waals surface area contributed by atoms with Gasteiger partial charge in [0.1, 0.15) is 0 Å². The van der Waals surface area contributed by atoms with Gasteiger partial charge in [-0.25, -0.2) is 0 Å². The zero-order chi connectivity index (χ0) is 21.5. The summed E-state index contributed by atoms with van der Waals surface area (Å²) in [6, 6.07) is 0. The Morgan fingerprint density at radius 2 is 1.82 bits per heavy atom. The van der Waals surface area contributed by atoms with Crippen LogP contribution in [0.4, 0.5) is 0 Å². The Hall–Kier alpha value is -1.94. The first-order chi connectivity index (χ1) is 13.1. The minimum Gasteiger partial charge on any atom is -0.402 e. The molecule has 1 saturated heterocycles. The maximum Gasteiger partial charge on any atom is 0.0664 e. The van der Waals surface area contributed by atoms with Crippen molar-refractivity contribution in [2.24, 2.45) is 16.6 Å². The molecule has 1 atom stereocenters. The van der Waals surface area contributed by atoms with Gasteiger partial charge in [0.05, 0.1) is 11.2 Å². The number of allylic oxidation sites excluding steroid dienone is 7. The van der Waals surface area contributed by atoms with E-state index in [9.17, 15) is 0 Å². The molecule has 1 unspecified atom stereocenters. The molecule has 0 spiro atoms. The van der Waals surface area contributed by atoms with Crippen LogP contribution in [0.5, 0.6) is 0 Å². The van der Waals surface area contributed by atoms with E-state index in [2.05, 4.69) is 59.0 Å². The third kappa shape index (κ3) is 5.54. The van der Waals surface area contributed by atoms with E-state index in [-0.39, 0.29) is 5.54 Å². The highest BCUT2D eigenvalue weighted by atomic mass is 15.0. The molecule has 0 amide bonds. The summed E-state index contributed by atoms with van der Waals surface area (Å²) in [5.41, 5.74) is 12.8. The second-order valence-corrected chi connectivity index (χ2v) is 8.23. The van der Waals surface area contributed by atoms with Crippen LogP contribution in [-0.2, 0) is 0 Å². The Morgan fingerprint density at radius 3 is 2.25 bits per heavy atom. The first-order valence-electron chi connectivity index (χ1n) is 10.4. The van der Waals surface area contributed by atoms with Gasteiger partial charge in [-0.05, 0) is 83.6 Å². The summed E-state index contributed by atoms with van der Waals surface area (Å²) in [6.45, 7) is 18.0. The fourth-order valence-electron chi connectivity index (χ4n) is 3.97. The molecule has 1 heterocycles. The zero-order valence-electron chi connectivity index (χ0n) is 19.2. The predicted molar refractivity (Wildman–Crippen MR) is 124 cm³/mol. The van der Waals surface area contributed by atoms with Crippen molar-refractivity contribution < 1.29 is 0 Å². The van der Waals surface area contributed by atoms with Crippen LogP contribution >= 0.6 is 0 Å². The molecular weight excluding hydrogens is 344 g/mol. The molecule has 1 rings (SSSR count). The van der Waals surface area contributed by atoms with E-state index >= 15 is 0 Å². The van der Waals surface area contributed by atoms with Crippen molar-refractivity contribution in [1.82, 2.24) is 5.32 Å². The van der Waals surface area contributed by atoms with Crippen molar-refractivity contribution in [1.29, 1.82) is 5.41 Å². The third-order valence-electron chi connectivity index (χ3n) is 5.94. The van der Waals surface area contributed by atoms with Crippen molar-refractivity contribution in [3.8, 4) is 0 Å². The molecular formula is C24H40N4. The summed E-state index contributed by atoms with van der Waals surface area (Å²) in [5.74, 6) is 0.473. The average Bonchev–Trinajstić information content (AvgIpc) is 3.12. The zero-order valence-corrected chi connectivity index (χ0v) is 19.2. The normalized spacial score (nSPS) is 23.7. The number of aliphatic imine (C=N–C) groups is 1. The van der Waals surface area contributed by atoms with Gasteiger partial charge < -0.3 is 16.5 Å². The van der Waals surface area contributed by atoms with Crippen LogP contribution in [-0.4, -0.2) is 24.0 Å². The lowest BCUT2D eigenvalue weighted by molar-refractivity contribution is 0.370. The van der Waals surface area contributed by atoms with Gasteiger partial charge in [0.2, 0.25) is 0 Å². The van der Waals surface area contributed by atoms with Gasteiger partial charge in [-0.15, -0.1) is 0 Å². The van der Waals surface area contributed by atoms with Crippen LogP contribution in [0.3, 0.4) is 0 Å². The Morgan fingerprint density at radius 1 is 1.18 bits per heavy atom. The Balaban J connectivity index is 3.61. The largest absolute Gasteiger partial charge is 0.402 e. The topological polar surface area (TPSA) is 74.3 Å². The molecule has 0 radical (unpaired) electrons. The summed E-state index contributed by atoms with van der Waals surface area (Å²) in [5, 5.41) is 11.4. The fourth-order valence-corrected chi connectivity index (χ4v) is 3.97. The molecule has 1 aliphatic heterocycles. The molecule has 156 valence electrons. The number of rotatable bonds is 8. The molecule has 0 saturated carbocycles. The summed E-state index contributed by atoms with van der Waals surface area (Å²) in [4.78, 5) is 5.15. The molecule has 0 aromatic heterocycles. The molecule has 28 heavy (non-hydrogen) atoms. The number of hydrogen-bond donors (Lipinski definition) is 3.